The van der Waals surface area contributed by atoms with Crippen LogP contribution >= 0.6 is 15.9 Å². The summed E-state index contributed by atoms with van der Waals surface area (Å²) in [6.07, 6.45) is 1.06. The van der Waals surface area contributed by atoms with E-state index in [2.05, 4.69) is 75.1 Å². The predicted octanol–water partition coefficient (Wildman–Crippen LogP) is 3.58. The van der Waals surface area contributed by atoms with Crippen molar-refractivity contribution in [2.75, 3.05) is 11.9 Å². The molecule has 0 spiro atoms. The van der Waals surface area contributed by atoms with E-state index in [-0.39, 0.29) is 0 Å². The molecule has 3 heteroatoms. The first-order chi connectivity index (χ1) is 9.31. The topological polar surface area (TPSA) is 24.1 Å². The molecule has 0 saturated carbocycles. The van der Waals surface area contributed by atoms with E-state index in [1.807, 2.05) is 0 Å². The summed E-state index contributed by atoms with van der Waals surface area (Å²) in [7, 11) is 0. The lowest BCUT2D eigenvalue weighted by Gasteiger charge is -2.15. The standard InChI is InChI=1S/C16H17BrN2/c17-14-6-7-16-13(9-14)10-18-15(11-19-16)8-12-4-2-1-3-5-12/h1-7,9,15,18-19H,8,10-11H2. The molecule has 1 aliphatic rings. The second-order valence-electron chi connectivity index (χ2n) is 4.95. The third kappa shape index (κ3) is 3.17. The maximum absolute atomic E-state index is 3.63. The molecule has 0 radical (unpaired) electrons. The van der Waals surface area contributed by atoms with Crippen molar-refractivity contribution in [1.82, 2.24) is 5.32 Å². The Balaban J connectivity index is 1.70. The lowest BCUT2D eigenvalue weighted by Crippen LogP contribution is -2.34. The zero-order valence-corrected chi connectivity index (χ0v) is 12.3. The van der Waals surface area contributed by atoms with E-state index in [0.29, 0.717) is 6.04 Å². The van der Waals surface area contributed by atoms with Gasteiger partial charge in [0, 0.05) is 29.3 Å². The predicted molar refractivity (Wildman–Crippen MR) is 83.4 cm³/mol. The van der Waals surface area contributed by atoms with Crippen molar-refractivity contribution >= 4 is 21.6 Å². The zero-order chi connectivity index (χ0) is 13.1. The molecule has 0 fully saturated rings. The highest BCUT2D eigenvalue weighted by atomic mass is 79.9. The highest BCUT2D eigenvalue weighted by molar-refractivity contribution is 9.10. The number of rotatable bonds is 2. The van der Waals surface area contributed by atoms with E-state index in [0.717, 1.165) is 24.0 Å². The van der Waals surface area contributed by atoms with Crippen molar-refractivity contribution in [3.63, 3.8) is 0 Å². The van der Waals surface area contributed by atoms with Gasteiger partial charge in [-0.25, -0.2) is 0 Å². The lowest BCUT2D eigenvalue weighted by molar-refractivity contribution is 0.537. The molecule has 1 heterocycles. The van der Waals surface area contributed by atoms with Crippen LogP contribution in [0.15, 0.2) is 53.0 Å². The molecular formula is C16H17BrN2. The van der Waals surface area contributed by atoms with Crippen LogP contribution in [0.25, 0.3) is 0 Å². The molecule has 3 rings (SSSR count). The Bertz CT molecular complexity index is 554. The van der Waals surface area contributed by atoms with E-state index < -0.39 is 0 Å². The van der Waals surface area contributed by atoms with Crippen molar-refractivity contribution in [3.8, 4) is 0 Å². The van der Waals surface area contributed by atoms with Crippen LogP contribution < -0.4 is 10.6 Å². The molecule has 1 aliphatic heterocycles. The molecule has 2 aromatic rings. The van der Waals surface area contributed by atoms with Crippen LogP contribution in [0.3, 0.4) is 0 Å². The average molecular weight is 317 g/mol. The molecule has 2 aromatic carbocycles. The van der Waals surface area contributed by atoms with Gasteiger partial charge in [0.1, 0.15) is 0 Å². The second-order valence-corrected chi connectivity index (χ2v) is 5.87. The number of hydrogen-bond donors (Lipinski definition) is 2. The minimum Gasteiger partial charge on any atom is -0.383 e. The van der Waals surface area contributed by atoms with Crippen LogP contribution in [0.1, 0.15) is 11.1 Å². The number of halogens is 1. The Labute approximate surface area is 122 Å². The molecule has 1 atom stereocenters. The van der Waals surface area contributed by atoms with Crippen LogP contribution in [0, 0.1) is 0 Å². The zero-order valence-electron chi connectivity index (χ0n) is 10.7. The summed E-state index contributed by atoms with van der Waals surface area (Å²) >= 11 is 3.53. The number of benzene rings is 2. The maximum atomic E-state index is 3.63. The van der Waals surface area contributed by atoms with E-state index in [9.17, 15) is 0 Å². The molecule has 0 aromatic heterocycles. The summed E-state index contributed by atoms with van der Waals surface area (Å²) in [6.45, 7) is 1.88. The van der Waals surface area contributed by atoms with Crippen molar-refractivity contribution in [1.29, 1.82) is 0 Å². The number of anilines is 1. The quantitative estimate of drug-likeness (QED) is 0.885. The number of fused-ring (bicyclic) bond motifs is 1. The smallest absolute Gasteiger partial charge is 0.0387 e. The van der Waals surface area contributed by atoms with Crippen molar-refractivity contribution < 1.29 is 0 Å². The van der Waals surface area contributed by atoms with Gasteiger partial charge in [-0.2, -0.15) is 0 Å². The highest BCUT2D eigenvalue weighted by Crippen LogP contribution is 2.23. The fourth-order valence-electron chi connectivity index (χ4n) is 2.48. The molecule has 1 unspecified atom stereocenters. The van der Waals surface area contributed by atoms with Gasteiger partial charge in [0.2, 0.25) is 0 Å². The normalized spacial score (nSPS) is 18.3. The van der Waals surface area contributed by atoms with Crippen LogP contribution in [-0.4, -0.2) is 12.6 Å². The third-order valence-corrected chi connectivity index (χ3v) is 4.01. The van der Waals surface area contributed by atoms with E-state index in [1.54, 1.807) is 0 Å². The molecule has 0 amide bonds. The Morgan fingerprint density at radius 2 is 1.95 bits per heavy atom. The Kier molecular flexibility index (Phi) is 3.85. The molecule has 0 saturated heterocycles. The summed E-state index contributed by atoms with van der Waals surface area (Å²) < 4.78 is 1.14. The molecule has 98 valence electrons. The summed E-state index contributed by atoms with van der Waals surface area (Å²) in [5.74, 6) is 0. The highest BCUT2D eigenvalue weighted by Gasteiger charge is 2.15. The fraction of sp³-hybridized carbons (Fsp3) is 0.250. The molecule has 2 N–H and O–H groups in total. The van der Waals surface area contributed by atoms with Crippen LogP contribution in [-0.2, 0) is 13.0 Å². The first-order valence-corrected chi connectivity index (χ1v) is 7.40. The summed E-state index contributed by atoms with van der Waals surface area (Å²) in [5, 5.41) is 7.17. The SMILES string of the molecule is Brc1ccc2c(c1)CNC(Cc1ccccc1)CN2. The third-order valence-electron chi connectivity index (χ3n) is 3.51. The molecule has 2 nitrogen and oxygen atoms in total. The minimum absolute atomic E-state index is 0.466. The maximum Gasteiger partial charge on any atom is 0.0387 e. The lowest BCUT2D eigenvalue weighted by atomic mass is 10.1. The molecule has 0 aliphatic carbocycles. The average Bonchev–Trinajstić information content (AvgIpc) is 2.63. The van der Waals surface area contributed by atoms with Gasteiger partial charge in [-0.05, 0) is 35.7 Å². The Hall–Kier alpha value is -1.32. The van der Waals surface area contributed by atoms with E-state index >= 15 is 0 Å². The summed E-state index contributed by atoms with van der Waals surface area (Å²) in [6, 6.07) is 17.5. The van der Waals surface area contributed by atoms with Gasteiger partial charge < -0.3 is 10.6 Å². The van der Waals surface area contributed by atoms with E-state index in [1.165, 1.54) is 16.8 Å². The minimum atomic E-state index is 0.466. The van der Waals surface area contributed by atoms with Gasteiger partial charge in [-0.15, -0.1) is 0 Å². The summed E-state index contributed by atoms with van der Waals surface area (Å²) in [4.78, 5) is 0. The van der Waals surface area contributed by atoms with Gasteiger partial charge in [0.25, 0.3) is 0 Å². The molecule has 0 bridgehead atoms. The largest absolute Gasteiger partial charge is 0.383 e. The van der Waals surface area contributed by atoms with Crippen molar-refractivity contribution in [2.24, 2.45) is 0 Å². The monoisotopic (exact) mass is 316 g/mol. The second kappa shape index (κ2) is 5.76. The van der Waals surface area contributed by atoms with Crippen LogP contribution in [0.5, 0.6) is 0 Å². The first-order valence-electron chi connectivity index (χ1n) is 6.61. The van der Waals surface area contributed by atoms with Crippen LogP contribution in [0.4, 0.5) is 5.69 Å². The number of hydrogen-bond acceptors (Lipinski definition) is 2. The fourth-order valence-corrected chi connectivity index (χ4v) is 2.89. The molecule has 19 heavy (non-hydrogen) atoms. The van der Waals surface area contributed by atoms with Crippen molar-refractivity contribution in [3.05, 3.63) is 64.1 Å². The van der Waals surface area contributed by atoms with Crippen LogP contribution in [0.2, 0.25) is 0 Å². The number of nitrogens with one attached hydrogen (secondary N) is 2. The van der Waals surface area contributed by atoms with E-state index in [4.69, 9.17) is 0 Å². The van der Waals surface area contributed by atoms with Crippen molar-refractivity contribution in [2.45, 2.75) is 19.0 Å². The van der Waals surface area contributed by atoms with Gasteiger partial charge in [-0.3, -0.25) is 0 Å². The van der Waals surface area contributed by atoms with Gasteiger partial charge >= 0.3 is 0 Å². The van der Waals surface area contributed by atoms with Gasteiger partial charge in [0.05, 0.1) is 0 Å². The Morgan fingerprint density at radius 3 is 2.79 bits per heavy atom. The summed E-state index contributed by atoms with van der Waals surface area (Å²) in [5.41, 5.74) is 3.95. The van der Waals surface area contributed by atoms with Gasteiger partial charge in [0.15, 0.2) is 0 Å². The Morgan fingerprint density at radius 1 is 1.11 bits per heavy atom. The molecular weight excluding hydrogens is 300 g/mol. The first kappa shape index (κ1) is 12.7. The van der Waals surface area contributed by atoms with Gasteiger partial charge in [-0.1, -0.05) is 46.3 Å².